The van der Waals surface area contributed by atoms with E-state index in [1.54, 1.807) is 6.08 Å². The standard InChI is InChI=1S/C21H20O3/c22-19-12-7-13-20(23)18(19)14-15-24-21(16-8-3-1-4-9-16)17-10-5-2-6-11-17/h1-6,8-11,14-15,18,21H,7,12-13H2/b15-14+. The molecule has 0 spiro atoms. The first kappa shape index (κ1) is 16.2. The Morgan fingerprint density at radius 2 is 1.33 bits per heavy atom. The molecule has 2 aromatic rings. The topological polar surface area (TPSA) is 43.4 Å². The second-order valence-corrected chi connectivity index (χ2v) is 5.93. The first-order valence-corrected chi connectivity index (χ1v) is 8.23. The van der Waals surface area contributed by atoms with Gasteiger partial charge in [-0.25, -0.2) is 0 Å². The van der Waals surface area contributed by atoms with Crippen LogP contribution in [0.1, 0.15) is 36.5 Å². The van der Waals surface area contributed by atoms with Gasteiger partial charge < -0.3 is 4.74 Å². The number of carbonyl (C=O) groups is 2. The Bertz CT molecular complexity index is 664. The van der Waals surface area contributed by atoms with E-state index in [4.69, 9.17) is 4.74 Å². The van der Waals surface area contributed by atoms with E-state index in [9.17, 15) is 9.59 Å². The summed E-state index contributed by atoms with van der Waals surface area (Å²) in [6, 6.07) is 19.8. The SMILES string of the molecule is O=C1CCCC(=O)C1/C=C/OC(c1ccccc1)c1ccccc1. The third-order valence-electron chi connectivity index (χ3n) is 4.23. The smallest absolute Gasteiger partial charge is 0.148 e. The Labute approximate surface area is 142 Å². The maximum atomic E-state index is 11.9. The summed E-state index contributed by atoms with van der Waals surface area (Å²) < 4.78 is 5.93. The van der Waals surface area contributed by atoms with Gasteiger partial charge in [0.1, 0.15) is 17.7 Å². The number of ether oxygens (including phenoxy) is 1. The van der Waals surface area contributed by atoms with Crippen molar-refractivity contribution in [2.45, 2.75) is 25.4 Å². The number of Topliss-reactive ketones (excluding diaryl/α,β-unsaturated/α-hetero) is 2. The fraction of sp³-hybridized carbons (Fsp3) is 0.238. The molecule has 0 saturated heterocycles. The lowest BCUT2D eigenvalue weighted by molar-refractivity contribution is -0.133. The van der Waals surface area contributed by atoms with Crippen LogP contribution in [0.25, 0.3) is 0 Å². The molecule has 24 heavy (non-hydrogen) atoms. The van der Waals surface area contributed by atoms with Crippen molar-refractivity contribution in [1.82, 2.24) is 0 Å². The number of hydrogen-bond acceptors (Lipinski definition) is 3. The summed E-state index contributed by atoms with van der Waals surface area (Å²) in [4.78, 5) is 23.8. The van der Waals surface area contributed by atoms with Crippen LogP contribution in [0.3, 0.4) is 0 Å². The van der Waals surface area contributed by atoms with Gasteiger partial charge in [0.15, 0.2) is 0 Å². The zero-order valence-electron chi connectivity index (χ0n) is 13.4. The lowest BCUT2D eigenvalue weighted by atomic mass is 9.87. The number of hydrogen-bond donors (Lipinski definition) is 0. The van der Waals surface area contributed by atoms with Crippen LogP contribution in [0.5, 0.6) is 0 Å². The maximum absolute atomic E-state index is 11.9. The van der Waals surface area contributed by atoms with Crippen molar-refractivity contribution in [1.29, 1.82) is 0 Å². The normalized spacial score (nSPS) is 16.0. The summed E-state index contributed by atoms with van der Waals surface area (Å²) in [5.74, 6) is -0.671. The van der Waals surface area contributed by atoms with E-state index in [0.717, 1.165) is 11.1 Å². The fourth-order valence-corrected chi connectivity index (χ4v) is 2.95. The van der Waals surface area contributed by atoms with Gasteiger partial charge in [0.2, 0.25) is 0 Å². The molecule has 3 heteroatoms. The molecule has 122 valence electrons. The van der Waals surface area contributed by atoms with Crippen molar-refractivity contribution >= 4 is 11.6 Å². The van der Waals surface area contributed by atoms with Crippen LogP contribution in [0.15, 0.2) is 73.0 Å². The molecular formula is C21H20O3. The number of ketones is 2. The van der Waals surface area contributed by atoms with Crippen LogP contribution in [0.4, 0.5) is 0 Å². The predicted octanol–water partition coefficient (Wildman–Crippen LogP) is 4.24. The van der Waals surface area contributed by atoms with Gasteiger partial charge in [0.25, 0.3) is 0 Å². The summed E-state index contributed by atoms with van der Waals surface area (Å²) in [6.45, 7) is 0. The van der Waals surface area contributed by atoms with Crippen LogP contribution in [-0.2, 0) is 14.3 Å². The summed E-state index contributed by atoms with van der Waals surface area (Å²) >= 11 is 0. The number of carbonyl (C=O) groups excluding carboxylic acids is 2. The van der Waals surface area contributed by atoms with E-state index >= 15 is 0 Å². The summed E-state index contributed by atoms with van der Waals surface area (Å²) in [6.07, 6.45) is 4.46. The minimum atomic E-state index is -0.647. The molecule has 1 fully saturated rings. The van der Waals surface area contributed by atoms with Crippen LogP contribution < -0.4 is 0 Å². The van der Waals surface area contributed by atoms with E-state index in [0.29, 0.717) is 19.3 Å². The van der Waals surface area contributed by atoms with E-state index in [1.807, 2.05) is 60.7 Å². The molecule has 0 aromatic heterocycles. The second-order valence-electron chi connectivity index (χ2n) is 5.93. The first-order chi connectivity index (χ1) is 11.8. The summed E-state index contributed by atoms with van der Waals surface area (Å²) in [5, 5.41) is 0. The van der Waals surface area contributed by atoms with Crippen LogP contribution >= 0.6 is 0 Å². The molecule has 0 bridgehead atoms. The highest BCUT2D eigenvalue weighted by atomic mass is 16.5. The Morgan fingerprint density at radius 1 is 0.833 bits per heavy atom. The molecule has 1 aliphatic rings. The van der Waals surface area contributed by atoms with Crippen LogP contribution in [0, 0.1) is 5.92 Å². The van der Waals surface area contributed by atoms with Gasteiger partial charge >= 0.3 is 0 Å². The highest BCUT2D eigenvalue weighted by Crippen LogP contribution is 2.26. The Morgan fingerprint density at radius 3 is 1.83 bits per heavy atom. The summed E-state index contributed by atoms with van der Waals surface area (Å²) in [5.41, 5.74) is 2.05. The van der Waals surface area contributed by atoms with Gasteiger partial charge in [-0.15, -0.1) is 0 Å². The van der Waals surface area contributed by atoms with E-state index in [2.05, 4.69) is 0 Å². The lowest BCUT2D eigenvalue weighted by Gasteiger charge is -2.19. The largest absolute Gasteiger partial charge is 0.489 e. The van der Waals surface area contributed by atoms with Crippen molar-refractivity contribution in [2.75, 3.05) is 0 Å². The fourth-order valence-electron chi connectivity index (χ4n) is 2.95. The molecule has 0 heterocycles. The molecular weight excluding hydrogens is 300 g/mol. The van der Waals surface area contributed by atoms with Crippen molar-refractivity contribution in [3.63, 3.8) is 0 Å². The zero-order valence-corrected chi connectivity index (χ0v) is 13.4. The lowest BCUT2D eigenvalue weighted by Crippen LogP contribution is -2.26. The maximum Gasteiger partial charge on any atom is 0.148 e. The monoisotopic (exact) mass is 320 g/mol. The Kier molecular flexibility index (Phi) is 5.22. The van der Waals surface area contributed by atoms with Crippen molar-refractivity contribution < 1.29 is 14.3 Å². The average molecular weight is 320 g/mol. The number of rotatable bonds is 5. The quantitative estimate of drug-likeness (QED) is 0.611. The first-order valence-electron chi connectivity index (χ1n) is 8.23. The van der Waals surface area contributed by atoms with E-state index in [1.165, 1.54) is 6.26 Å². The molecule has 3 rings (SSSR count). The molecule has 0 aliphatic heterocycles. The second kappa shape index (κ2) is 7.73. The van der Waals surface area contributed by atoms with Crippen LogP contribution in [0.2, 0.25) is 0 Å². The molecule has 0 amide bonds. The third kappa shape index (κ3) is 3.80. The Hall–Kier alpha value is -2.68. The molecule has 0 radical (unpaired) electrons. The van der Waals surface area contributed by atoms with Crippen LogP contribution in [-0.4, -0.2) is 11.6 Å². The van der Waals surface area contributed by atoms with Gasteiger partial charge in [0, 0.05) is 12.8 Å². The van der Waals surface area contributed by atoms with Gasteiger partial charge in [-0.3, -0.25) is 9.59 Å². The predicted molar refractivity (Wildman–Crippen MR) is 92.3 cm³/mol. The van der Waals surface area contributed by atoms with E-state index in [-0.39, 0.29) is 17.7 Å². The number of allylic oxidation sites excluding steroid dienone is 1. The van der Waals surface area contributed by atoms with Gasteiger partial charge in [-0.05, 0) is 23.6 Å². The molecule has 3 nitrogen and oxygen atoms in total. The molecule has 0 N–H and O–H groups in total. The highest BCUT2D eigenvalue weighted by Gasteiger charge is 2.27. The van der Waals surface area contributed by atoms with Crippen molar-refractivity contribution in [3.8, 4) is 0 Å². The van der Waals surface area contributed by atoms with Gasteiger partial charge in [-0.1, -0.05) is 60.7 Å². The third-order valence-corrected chi connectivity index (χ3v) is 4.23. The zero-order chi connectivity index (χ0) is 16.8. The van der Waals surface area contributed by atoms with E-state index < -0.39 is 5.92 Å². The van der Waals surface area contributed by atoms with Gasteiger partial charge in [0.05, 0.1) is 12.2 Å². The minimum Gasteiger partial charge on any atom is -0.489 e. The summed E-state index contributed by atoms with van der Waals surface area (Å²) in [7, 11) is 0. The number of benzene rings is 2. The molecule has 1 aliphatic carbocycles. The van der Waals surface area contributed by atoms with Crippen molar-refractivity contribution in [2.24, 2.45) is 5.92 Å². The molecule has 0 atom stereocenters. The highest BCUT2D eigenvalue weighted by molar-refractivity contribution is 6.06. The minimum absolute atomic E-state index is 0.0120. The van der Waals surface area contributed by atoms with Gasteiger partial charge in [-0.2, -0.15) is 0 Å². The average Bonchev–Trinajstić information content (AvgIpc) is 2.62. The molecule has 2 aromatic carbocycles. The molecule has 1 saturated carbocycles. The molecule has 0 unspecified atom stereocenters. The van der Waals surface area contributed by atoms with Crippen molar-refractivity contribution in [3.05, 3.63) is 84.1 Å². The Balaban J connectivity index is 1.79.